The van der Waals surface area contributed by atoms with Crippen LogP contribution in [0.4, 0.5) is 10.1 Å². The lowest BCUT2D eigenvalue weighted by atomic mass is 9.81. The molecular weight excluding hydrogens is 475 g/mol. The van der Waals surface area contributed by atoms with E-state index in [0.717, 1.165) is 55.3 Å². The van der Waals surface area contributed by atoms with E-state index in [1.54, 1.807) is 0 Å². The number of ether oxygens (including phenoxy) is 3. The Morgan fingerprint density at radius 1 is 1.20 bits per heavy atom. The number of aromatic nitrogens is 1. The van der Waals surface area contributed by atoms with Gasteiger partial charge in [0, 0.05) is 36.4 Å². The monoisotopic (exact) mass is 500 g/mol. The van der Waals surface area contributed by atoms with Crippen molar-refractivity contribution in [1.82, 2.24) is 4.98 Å². The van der Waals surface area contributed by atoms with Crippen LogP contribution in [0, 0.1) is 5.82 Å². The molecule has 1 saturated heterocycles. The predicted octanol–water partition coefficient (Wildman–Crippen LogP) is 5.71. The number of carboxylic acids is 1. The van der Waals surface area contributed by atoms with Crippen molar-refractivity contribution in [3.8, 4) is 17.2 Å². The third-order valence-electron chi connectivity index (χ3n) is 6.46. The number of carboxylic acid groups (broad SMARTS) is 1. The van der Waals surface area contributed by atoms with E-state index in [2.05, 4.69) is 21.8 Å². The Morgan fingerprint density at radius 2 is 1.91 bits per heavy atom. The first-order chi connectivity index (χ1) is 17.0. The van der Waals surface area contributed by atoms with Crippen molar-refractivity contribution in [2.24, 2.45) is 0 Å². The first kappa shape index (κ1) is 23.7. The van der Waals surface area contributed by atoms with Crippen molar-refractivity contribution in [1.29, 1.82) is 0 Å². The number of halogens is 1. The van der Waals surface area contributed by atoms with Crippen molar-refractivity contribution >= 4 is 23.6 Å². The van der Waals surface area contributed by atoms with Crippen molar-refractivity contribution in [3.63, 3.8) is 0 Å². The summed E-state index contributed by atoms with van der Waals surface area (Å²) in [5.74, 6) is -1.43. The van der Waals surface area contributed by atoms with Crippen molar-refractivity contribution in [2.75, 3.05) is 25.0 Å². The van der Waals surface area contributed by atoms with Gasteiger partial charge in [-0.3, -0.25) is 0 Å². The minimum absolute atomic E-state index is 0.204. The maximum Gasteiger partial charge on any atom is 0.338 e. The molecule has 1 aliphatic heterocycles. The SMILES string of the molecule is COc1cc(C(=O)O)c(F)cc1NSc1coc(-c2ccc(C3CCC4(CC3)OCCO4)cc2)n1. The lowest BCUT2D eigenvalue weighted by Crippen LogP contribution is -2.34. The number of benzene rings is 2. The summed E-state index contributed by atoms with van der Waals surface area (Å²) in [5, 5.41) is 9.61. The number of hydrogen-bond donors (Lipinski definition) is 2. The predicted molar refractivity (Wildman–Crippen MR) is 127 cm³/mol. The lowest BCUT2D eigenvalue weighted by Gasteiger charge is -2.35. The third-order valence-corrected chi connectivity index (χ3v) is 7.18. The zero-order valence-corrected chi connectivity index (χ0v) is 19.9. The normalized spacial score (nSPS) is 17.5. The van der Waals surface area contributed by atoms with E-state index in [-0.39, 0.29) is 17.2 Å². The molecule has 5 rings (SSSR count). The molecule has 0 radical (unpaired) electrons. The van der Waals surface area contributed by atoms with Gasteiger partial charge in [0.15, 0.2) is 10.8 Å². The minimum atomic E-state index is -1.36. The minimum Gasteiger partial charge on any atom is -0.495 e. The highest BCUT2D eigenvalue weighted by molar-refractivity contribution is 8.00. The van der Waals surface area contributed by atoms with Gasteiger partial charge in [-0.05, 0) is 42.5 Å². The van der Waals surface area contributed by atoms with Gasteiger partial charge in [0.25, 0.3) is 0 Å². The summed E-state index contributed by atoms with van der Waals surface area (Å²) in [6.07, 6.45) is 5.39. The van der Waals surface area contributed by atoms with Crippen molar-refractivity contribution < 1.29 is 32.9 Å². The Kier molecular flexibility index (Phi) is 6.68. The van der Waals surface area contributed by atoms with E-state index >= 15 is 0 Å². The molecule has 3 aromatic rings. The van der Waals surface area contributed by atoms with Crippen LogP contribution in [0.5, 0.6) is 5.75 Å². The maximum absolute atomic E-state index is 14.1. The van der Waals surface area contributed by atoms with Crippen molar-refractivity contribution in [2.45, 2.75) is 42.4 Å². The first-order valence-electron chi connectivity index (χ1n) is 11.3. The zero-order chi connectivity index (χ0) is 24.4. The van der Waals surface area contributed by atoms with Crippen LogP contribution in [0.15, 0.2) is 52.1 Å². The largest absolute Gasteiger partial charge is 0.495 e. The summed E-state index contributed by atoms with van der Waals surface area (Å²) >= 11 is 1.10. The number of rotatable bonds is 7. The molecule has 1 aliphatic carbocycles. The van der Waals surface area contributed by atoms with Gasteiger partial charge in [0.1, 0.15) is 17.8 Å². The summed E-state index contributed by atoms with van der Waals surface area (Å²) in [6.45, 7) is 1.37. The average Bonchev–Trinajstić information content (AvgIpc) is 3.53. The van der Waals surface area contributed by atoms with Gasteiger partial charge >= 0.3 is 5.97 Å². The molecule has 35 heavy (non-hydrogen) atoms. The number of oxazole rings is 1. The van der Waals surface area contributed by atoms with Crippen LogP contribution in [-0.4, -0.2) is 42.2 Å². The number of carbonyl (C=O) groups is 1. The zero-order valence-electron chi connectivity index (χ0n) is 19.1. The van der Waals surface area contributed by atoms with Crippen molar-refractivity contribution in [3.05, 3.63) is 59.6 Å². The van der Waals surface area contributed by atoms with E-state index in [1.807, 2.05) is 12.1 Å². The van der Waals surface area contributed by atoms with Gasteiger partial charge in [-0.2, -0.15) is 0 Å². The summed E-state index contributed by atoms with van der Waals surface area (Å²) < 4.78 is 39.5. The smallest absolute Gasteiger partial charge is 0.338 e. The quantitative estimate of drug-likeness (QED) is 0.395. The number of methoxy groups -OCH3 is 1. The fourth-order valence-corrected chi connectivity index (χ4v) is 5.18. The van der Waals surface area contributed by atoms with Crippen LogP contribution in [0.1, 0.15) is 47.5 Å². The first-order valence-corrected chi connectivity index (χ1v) is 12.2. The van der Waals surface area contributed by atoms with Crippen LogP contribution in [-0.2, 0) is 9.47 Å². The van der Waals surface area contributed by atoms with Crippen LogP contribution >= 0.6 is 11.9 Å². The Balaban J connectivity index is 1.21. The average molecular weight is 501 g/mol. The van der Waals surface area contributed by atoms with Gasteiger partial charge in [0.2, 0.25) is 5.89 Å². The molecule has 2 aliphatic rings. The van der Waals surface area contributed by atoms with Gasteiger partial charge in [-0.25, -0.2) is 14.2 Å². The van der Waals surface area contributed by atoms with E-state index in [1.165, 1.54) is 18.9 Å². The van der Waals surface area contributed by atoms with Crippen LogP contribution < -0.4 is 9.46 Å². The van der Waals surface area contributed by atoms with E-state index in [0.29, 0.717) is 30.0 Å². The fraction of sp³-hybridized carbons (Fsp3) is 0.360. The molecular formula is C25H25FN2O6S. The van der Waals surface area contributed by atoms with Gasteiger partial charge < -0.3 is 28.5 Å². The molecule has 1 spiro atoms. The van der Waals surface area contributed by atoms with Gasteiger partial charge in [0.05, 0.1) is 31.6 Å². The third kappa shape index (κ3) is 5.00. The summed E-state index contributed by atoms with van der Waals surface area (Å²) in [4.78, 5) is 15.6. The Bertz CT molecular complexity index is 1200. The summed E-state index contributed by atoms with van der Waals surface area (Å²) in [6, 6.07) is 10.4. The van der Waals surface area contributed by atoms with E-state index < -0.39 is 17.3 Å². The van der Waals surface area contributed by atoms with Crippen LogP contribution in [0.3, 0.4) is 0 Å². The second-order valence-corrected chi connectivity index (χ2v) is 9.36. The molecule has 1 aromatic heterocycles. The Morgan fingerprint density at radius 3 is 2.57 bits per heavy atom. The maximum atomic E-state index is 14.1. The molecule has 0 atom stereocenters. The van der Waals surface area contributed by atoms with Crippen LogP contribution in [0.2, 0.25) is 0 Å². The second kappa shape index (κ2) is 9.88. The number of nitrogens with one attached hydrogen (secondary N) is 1. The molecule has 2 heterocycles. The summed E-state index contributed by atoms with van der Waals surface area (Å²) in [7, 11) is 1.38. The molecule has 10 heteroatoms. The fourth-order valence-electron chi connectivity index (χ4n) is 4.59. The number of nitrogens with zero attached hydrogens (tertiary/aromatic N) is 1. The molecule has 0 amide bonds. The Labute approximate surface area is 205 Å². The molecule has 2 N–H and O–H groups in total. The molecule has 8 nitrogen and oxygen atoms in total. The Hall–Kier alpha value is -3.08. The lowest BCUT2D eigenvalue weighted by molar-refractivity contribution is -0.178. The molecule has 0 bridgehead atoms. The highest BCUT2D eigenvalue weighted by Crippen LogP contribution is 2.42. The molecule has 184 valence electrons. The molecule has 1 saturated carbocycles. The number of aromatic carboxylic acids is 1. The van der Waals surface area contributed by atoms with Gasteiger partial charge in [-0.15, -0.1) is 0 Å². The van der Waals surface area contributed by atoms with Crippen LogP contribution in [0.25, 0.3) is 11.5 Å². The molecule has 0 unspecified atom stereocenters. The standard InChI is InChI=1S/C25H25FN2O6S/c1-31-21-12-18(24(29)30)19(26)13-20(21)28-35-22-14-32-23(27-22)17-4-2-15(3-5-17)16-6-8-25(9-7-16)33-10-11-34-25/h2-5,12-14,16,28H,6-11H2,1H3,(H,29,30). The second-order valence-electron chi connectivity index (χ2n) is 8.54. The highest BCUT2D eigenvalue weighted by Gasteiger charge is 2.40. The molecule has 2 fully saturated rings. The number of anilines is 1. The molecule has 2 aromatic carbocycles. The van der Waals surface area contributed by atoms with E-state index in [9.17, 15) is 9.18 Å². The van der Waals surface area contributed by atoms with E-state index in [4.69, 9.17) is 23.7 Å². The van der Waals surface area contributed by atoms with Gasteiger partial charge in [-0.1, -0.05) is 12.1 Å². The number of hydrogen-bond acceptors (Lipinski definition) is 8. The summed E-state index contributed by atoms with van der Waals surface area (Å²) in [5.41, 5.74) is 1.96. The topological polar surface area (TPSA) is 103 Å². The highest BCUT2D eigenvalue weighted by atomic mass is 32.2.